The summed E-state index contributed by atoms with van der Waals surface area (Å²) in [4.78, 5) is 2.30. The van der Waals surface area contributed by atoms with Crippen LogP contribution < -0.4 is 0 Å². The molecule has 0 amide bonds. The quantitative estimate of drug-likeness (QED) is 0.658. The van der Waals surface area contributed by atoms with Crippen molar-refractivity contribution >= 4 is 0 Å². The van der Waals surface area contributed by atoms with Gasteiger partial charge in [0.25, 0.3) is 0 Å². The molecule has 2 fully saturated rings. The van der Waals surface area contributed by atoms with Crippen molar-refractivity contribution in [1.29, 1.82) is 0 Å². The number of aliphatic hydroxyl groups is 1. The maximum Gasteiger partial charge on any atom is 0.170 e. The van der Waals surface area contributed by atoms with Gasteiger partial charge in [-0.05, 0) is 20.0 Å². The molecule has 1 spiro atoms. The molecule has 0 saturated carbocycles. The number of rotatable bonds is 1. The lowest BCUT2D eigenvalue weighted by Gasteiger charge is -2.26. The van der Waals surface area contributed by atoms with Gasteiger partial charge in [0.05, 0.1) is 13.2 Å². The van der Waals surface area contributed by atoms with Crippen LogP contribution in [0.3, 0.4) is 0 Å². The summed E-state index contributed by atoms with van der Waals surface area (Å²) in [6, 6.07) is 0. The van der Waals surface area contributed by atoms with Crippen molar-refractivity contribution in [1.82, 2.24) is 4.90 Å². The summed E-state index contributed by atoms with van der Waals surface area (Å²) < 4.78 is 11.5. The molecule has 4 heteroatoms. The van der Waals surface area contributed by atoms with Crippen LogP contribution in [0, 0.1) is 0 Å². The van der Waals surface area contributed by atoms with Gasteiger partial charge >= 0.3 is 0 Å². The maximum atomic E-state index is 8.99. The maximum absolute atomic E-state index is 8.99. The molecule has 2 heterocycles. The topological polar surface area (TPSA) is 41.9 Å². The average Bonchev–Trinajstić information content (AvgIpc) is 2.50. The zero-order chi connectivity index (χ0) is 10.0. The van der Waals surface area contributed by atoms with E-state index in [9.17, 15) is 0 Å². The van der Waals surface area contributed by atoms with Gasteiger partial charge in [0.15, 0.2) is 5.79 Å². The minimum Gasteiger partial charge on any atom is -0.394 e. The molecule has 4 nitrogen and oxygen atoms in total. The van der Waals surface area contributed by atoms with Gasteiger partial charge in [-0.1, -0.05) is 0 Å². The second kappa shape index (κ2) is 4.14. The van der Waals surface area contributed by atoms with Gasteiger partial charge in [0, 0.05) is 19.4 Å². The molecular formula is C10H19NO3. The normalized spacial score (nSPS) is 40.3. The molecular weight excluding hydrogens is 182 g/mol. The van der Waals surface area contributed by atoms with Crippen LogP contribution in [0.5, 0.6) is 0 Å². The smallest absolute Gasteiger partial charge is 0.170 e. The second-order valence-electron chi connectivity index (χ2n) is 4.30. The fourth-order valence-electron chi connectivity index (χ4n) is 2.19. The Morgan fingerprint density at radius 3 is 3.00 bits per heavy atom. The monoisotopic (exact) mass is 201 g/mol. The van der Waals surface area contributed by atoms with Gasteiger partial charge in [0.2, 0.25) is 0 Å². The van der Waals surface area contributed by atoms with E-state index in [1.807, 2.05) is 0 Å². The zero-order valence-corrected chi connectivity index (χ0v) is 8.74. The number of nitrogens with zero attached hydrogens (tertiary/aromatic N) is 1. The Balaban J connectivity index is 1.95. The Kier molecular flexibility index (Phi) is 3.07. The van der Waals surface area contributed by atoms with E-state index in [0.29, 0.717) is 6.61 Å². The summed E-state index contributed by atoms with van der Waals surface area (Å²) in [5, 5.41) is 8.99. The van der Waals surface area contributed by atoms with E-state index >= 15 is 0 Å². The van der Waals surface area contributed by atoms with Crippen molar-refractivity contribution in [2.75, 3.05) is 33.4 Å². The molecule has 0 aliphatic carbocycles. The predicted molar refractivity (Wildman–Crippen MR) is 52.0 cm³/mol. The molecule has 2 unspecified atom stereocenters. The standard InChI is InChI=1S/C10H19NO3/c1-11-5-2-3-10(4-6-11)13-8-9(7-12)14-10/h9,12H,2-8H2,1H3. The Morgan fingerprint density at radius 1 is 1.43 bits per heavy atom. The number of ether oxygens (including phenoxy) is 2. The minimum atomic E-state index is -0.391. The van der Waals surface area contributed by atoms with Crippen molar-refractivity contribution in [3.8, 4) is 0 Å². The van der Waals surface area contributed by atoms with E-state index in [4.69, 9.17) is 14.6 Å². The zero-order valence-electron chi connectivity index (χ0n) is 8.74. The summed E-state index contributed by atoms with van der Waals surface area (Å²) >= 11 is 0. The number of hydrogen-bond donors (Lipinski definition) is 1. The largest absolute Gasteiger partial charge is 0.394 e. The molecule has 2 aliphatic heterocycles. The third-order valence-corrected chi connectivity index (χ3v) is 3.09. The lowest BCUT2D eigenvalue weighted by molar-refractivity contribution is -0.178. The van der Waals surface area contributed by atoms with Crippen molar-refractivity contribution in [2.24, 2.45) is 0 Å². The molecule has 2 rings (SSSR count). The van der Waals surface area contributed by atoms with Crippen molar-refractivity contribution in [3.63, 3.8) is 0 Å². The van der Waals surface area contributed by atoms with Gasteiger partial charge in [-0.2, -0.15) is 0 Å². The van der Waals surface area contributed by atoms with Crippen molar-refractivity contribution in [2.45, 2.75) is 31.2 Å². The van der Waals surface area contributed by atoms with Crippen LogP contribution in [-0.2, 0) is 9.47 Å². The predicted octanol–water partition coefficient (Wildman–Crippen LogP) is 0.206. The molecule has 0 aromatic carbocycles. The molecule has 82 valence electrons. The van der Waals surface area contributed by atoms with E-state index in [1.54, 1.807) is 0 Å². The molecule has 2 saturated heterocycles. The van der Waals surface area contributed by atoms with Crippen LogP contribution in [0.4, 0.5) is 0 Å². The molecule has 0 aromatic rings. The molecule has 0 bridgehead atoms. The SMILES string of the molecule is CN1CCCC2(CC1)OCC(CO)O2. The first-order valence-corrected chi connectivity index (χ1v) is 5.35. The summed E-state index contributed by atoms with van der Waals surface area (Å²) in [6.07, 6.45) is 2.86. The molecule has 1 N–H and O–H groups in total. The van der Waals surface area contributed by atoms with E-state index in [1.165, 1.54) is 0 Å². The first kappa shape index (κ1) is 10.4. The second-order valence-corrected chi connectivity index (χ2v) is 4.30. The van der Waals surface area contributed by atoms with Gasteiger partial charge in [-0.25, -0.2) is 0 Å². The molecule has 14 heavy (non-hydrogen) atoms. The Morgan fingerprint density at radius 2 is 2.29 bits per heavy atom. The minimum absolute atomic E-state index is 0.0671. The average molecular weight is 201 g/mol. The van der Waals surface area contributed by atoms with Gasteiger partial charge in [-0.3, -0.25) is 0 Å². The molecule has 2 atom stereocenters. The van der Waals surface area contributed by atoms with Crippen LogP contribution in [0.2, 0.25) is 0 Å². The Labute approximate surface area is 84.8 Å². The highest BCUT2D eigenvalue weighted by Gasteiger charge is 2.41. The van der Waals surface area contributed by atoms with E-state index < -0.39 is 5.79 Å². The summed E-state index contributed by atoms with van der Waals surface area (Å²) in [5.41, 5.74) is 0. The molecule has 0 aromatic heterocycles. The van der Waals surface area contributed by atoms with Crippen LogP contribution in [0.25, 0.3) is 0 Å². The summed E-state index contributed by atoms with van der Waals surface area (Å²) in [6.45, 7) is 2.73. The highest BCUT2D eigenvalue weighted by molar-refractivity contribution is 4.82. The fraction of sp³-hybridized carbons (Fsp3) is 1.00. The highest BCUT2D eigenvalue weighted by atomic mass is 16.7. The molecule has 2 aliphatic rings. The van der Waals surface area contributed by atoms with Crippen molar-refractivity contribution in [3.05, 3.63) is 0 Å². The van der Waals surface area contributed by atoms with Gasteiger partial charge in [0.1, 0.15) is 6.10 Å². The van der Waals surface area contributed by atoms with E-state index in [2.05, 4.69) is 11.9 Å². The van der Waals surface area contributed by atoms with Gasteiger partial charge in [-0.15, -0.1) is 0 Å². The number of aliphatic hydroxyl groups excluding tert-OH is 1. The van der Waals surface area contributed by atoms with Gasteiger partial charge < -0.3 is 19.5 Å². The molecule has 0 radical (unpaired) electrons. The van der Waals surface area contributed by atoms with E-state index in [-0.39, 0.29) is 12.7 Å². The lowest BCUT2D eigenvalue weighted by atomic mass is 10.1. The summed E-state index contributed by atoms with van der Waals surface area (Å²) in [5.74, 6) is -0.391. The highest BCUT2D eigenvalue weighted by Crippen LogP contribution is 2.33. The van der Waals surface area contributed by atoms with Crippen LogP contribution in [-0.4, -0.2) is 55.2 Å². The lowest BCUT2D eigenvalue weighted by Crippen LogP contribution is -2.32. The van der Waals surface area contributed by atoms with Crippen LogP contribution in [0.15, 0.2) is 0 Å². The first-order valence-electron chi connectivity index (χ1n) is 5.35. The third-order valence-electron chi connectivity index (χ3n) is 3.09. The van der Waals surface area contributed by atoms with Crippen LogP contribution >= 0.6 is 0 Å². The Bertz CT molecular complexity index is 200. The van der Waals surface area contributed by atoms with E-state index in [0.717, 1.165) is 32.4 Å². The number of hydrogen-bond acceptors (Lipinski definition) is 4. The van der Waals surface area contributed by atoms with Crippen molar-refractivity contribution < 1.29 is 14.6 Å². The first-order chi connectivity index (χ1) is 6.74. The number of likely N-dealkylation sites (tertiary alicyclic amines) is 1. The summed E-state index contributed by atoms with van der Waals surface area (Å²) in [7, 11) is 2.12. The Hall–Kier alpha value is -0.160. The fourth-order valence-corrected chi connectivity index (χ4v) is 2.19. The third kappa shape index (κ3) is 2.08. The van der Waals surface area contributed by atoms with Crippen LogP contribution in [0.1, 0.15) is 19.3 Å².